The standard InChI is InChI=1S/C23H23N3O5S/c1-16-9-7-13-21(17(16)2)25(32(30,31)19-10-5-4-6-11-19)15-23(27)24-20-12-8-14-22(18(20)3)26(28)29/h4-14H,15H2,1-3H3,(H,24,27). The van der Waals surface area contributed by atoms with Gasteiger partial charge in [-0.3, -0.25) is 19.2 Å². The zero-order chi connectivity index (χ0) is 23.5. The van der Waals surface area contributed by atoms with E-state index in [1.165, 1.54) is 37.3 Å². The predicted molar refractivity (Wildman–Crippen MR) is 123 cm³/mol. The van der Waals surface area contributed by atoms with Gasteiger partial charge >= 0.3 is 0 Å². The van der Waals surface area contributed by atoms with Gasteiger partial charge in [-0.1, -0.05) is 36.4 Å². The van der Waals surface area contributed by atoms with Crippen molar-refractivity contribution in [2.75, 3.05) is 16.2 Å². The van der Waals surface area contributed by atoms with Crippen LogP contribution in [0.25, 0.3) is 0 Å². The van der Waals surface area contributed by atoms with Crippen molar-refractivity contribution in [3.63, 3.8) is 0 Å². The van der Waals surface area contributed by atoms with Crippen molar-refractivity contribution in [3.8, 4) is 0 Å². The third-order valence-electron chi connectivity index (χ3n) is 5.24. The molecule has 0 spiro atoms. The van der Waals surface area contributed by atoms with Crippen LogP contribution in [0.5, 0.6) is 0 Å². The average Bonchev–Trinajstić information content (AvgIpc) is 2.76. The monoisotopic (exact) mass is 453 g/mol. The Morgan fingerprint density at radius 3 is 2.25 bits per heavy atom. The van der Waals surface area contributed by atoms with Gasteiger partial charge in [0, 0.05) is 6.07 Å². The van der Waals surface area contributed by atoms with Crippen molar-refractivity contribution in [2.24, 2.45) is 0 Å². The Morgan fingerprint density at radius 2 is 1.59 bits per heavy atom. The van der Waals surface area contributed by atoms with Crippen LogP contribution in [-0.2, 0) is 14.8 Å². The molecule has 0 saturated carbocycles. The Kier molecular flexibility index (Phi) is 6.59. The molecule has 0 aliphatic carbocycles. The minimum atomic E-state index is -4.05. The van der Waals surface area contributed by atoms with Crippen molar-refractivity contribution in [1.29, 1.82) is 0 Å². The Hall–Kier alpha value is -3.72. The van der Waals surface area contributed by atoms with E-state index in [0.29, 0.717) is 5.69 Å². The van der Waals surface area contributed by atoms with Crippen LogP contribution in [-0.4, -0.2) is 25.8 Å². The lowest BCUT2D eigenvalue weighted by Gasteiger charge is -2.26. The Labute approximate surface area is 186 Å². The largest absolute Gasteiger partial charge is 0.324 e. The van der Waals surface area contributed by atoms with Gasteiger partial charge in [0.2, 0.25) is 5.91 Å². The number of rotatable bonds is 7. The zero-order valence-electron chi connectivity index (χ0n) is 17.9. The molecule has 0 aromatic heterocycles. The van der Waals surface area contributed by atoms with Gasteiger partial charge in [-0.25, -0.2) is 8.42 Å². The summed E-state index contributed by atoms with van der Waals surface area (Å²) in [6.07, 6.45) is 0. The van der Waals surface area contributed by atoms with E-state index in [4.69, 9.17) is 0 Å². The highest BCUT2D eigenvalue weighted by Crippen LogP contribution is 2.29. The number of nitro groups is 1. The fourth-order valence-electron chi connectivity index (χ4n) is 3.30. The minimum Gasteiger partial charge on any atom is -0.324 e. The van der Waals surface area contributed by atoms with Crippen molar-refractivity contribution in [3.05, 3.63) is 93.5 Å². The number of anilines is 2. The van der Waals surface area contributed by atoms with Gasteiger partial charge in [0.1, 0.15) is 6.54 Å². The molecule has 3 aromatic carbocycles. The van der Waals surface area contributed by atoms with E-state index in [0.717, 1.165) is 15.4 Å². The number of nitro benzene ring substituents is 1. The lowest BCUT2D eigenvalue weighted by molar-refractivity contribution is -0.385. The van der Waals surface area contributed by atoms with E-state index in [9.17, 15) is 23.3 Å². The van der Waals surface area contributed by atoms with Crippen LogP contribution in [0.1, 0.15) is 16.7 Å². The van der Waals surface area contributed by atoms with Crippen LogP contribution < -0.4 is 9.62 Å². The van der Waals surface area contributed by atoms with Crippen molar-refractivity contribution in [2.45, 2.75) is 25.7 Å². The van der Waals surface area contributed by atoms with Crippen LogP contribution in [0, 0.1) is 30.9 Å². The molecule has 0 fully saturated rings. The molecule has 9 heteroatoms. The SMILES string of the molecule is Cc1cccc(N(CC(=O)Nc2cccc([N+](=O)[O-])c2C)S(=O)(=O)c2ccccc2)c1C. The van der Waals surface area contributed by atoms with Gasteiger partial charge in [0.25, 0.3) is 15.7 Å². The van der Waals surface area contributed by atoms with Gasteiger partial charge in [-0.2, -0.15) is 0 Å². The molecule has 8 nitrogen and oxygen atoms in total. The summed E-state index contributed by atoms with van der Waals surface area (Å²) >= 11 is 0. The van der Waals surface area contributed by atoms with E-state index in [-0.39, 0.29) is 21.8 Å². The Morgan fingerprint density at radius 1 is 0.938 bits per heavy atom. The second-order valence-electron chi connectivity index (χ2n) is 7.30. The molecule has 0 atom stereocenters. The first-order valence-corrected chi connectivity index (χ1v) is 11.2. The summed E-state index contributed by atoms with van der Waals surface area (Å²) in [6.45, 7) is 4.68. The average molecular weight is 454 g/mol. The van der Waals surface area contributed by atoms with Crippen LogP contribution in [0.15, 0.2) is 71.6 Å². The fourth-order valence-corrected chi connectivity index (χ4v) is 4.80. The lowest BCUT2D eigenvalue weighted by Crippen LogP contribution is -2.38. The number of nitrogens with zero attached hydrogens (tertiary/aromatic N) is 2. The van der Waals surface area contributed by atoms with Crippen LogP contribution >= 0.6 is 0 Å². The highest BCUT2D eigenvalue weighted by atomic mass is 32.2. The smallest absolute Gasteiger partial charge is 0.274 e. The predicted octanol–water partition coefficient (Wildman–Crippen LogP) is 4.35. The van der Waals surface area contributed by atoms with E-state index in [2.05, 4.69) is 5.32 Å². The molecule has 0 heterocycles. The van der Waals surface area contributed by atoms with Crippen molar-refractivity contribution >= 4 is 33.0 Å². The Bertz CT molecular complexity index is 1270. The summed E-state index contributed by atoms with van der Waals surface area (Å²) in [4.78, 5) is 23.6. The van der Waals surface area contributed by atoms with Gasteiger partial charge in [0.15, 0.2) is 0 Å². The number of aryl methyl sites for hydroxylation is 1. The maximum atomic E-state index is 13.5. The molecule has 0 unspecified atom stereocenters. The molecule has 0 aliphatic heterocycles. The topological polar surface area (TPSA) is 110 Å². The third kappa shape index (κ3) is 4.62. The summed E-state index contributed by atoms with van der Waals surface area (Å²) in [5, 5.41) is 13.8. The summed E-state index contributed by atoms with van der Waals surface area (Å²) in [5.41, 5.74) is 2.40. The quantitative estimate of drug-likeness (QED) is 0.422. The summed E-state index contributed by atoms with van der Waals surface area (Å²) < 4.78 is 28.0. The molecule has 1 N–H and O–H groups in total. The van der Waals surface area contributed by atoms with E-state index >= 15 is 0 Å². The Balaban J connectivity index is 2.00. The number of amides is 1. The lowest BCUT2D eigenvalue weighted by atomic mass is 10.1. The normalized spacial score (nSPS) is 11.1. The van der Waals surface area contributed by atoms with Gasteiger partial charge in [0.05, 0.1) is 26.8 Å². The second kappa shape index (κ2) is 9.19. The molecule has 0 saturated heterocycles. The number of carbonyl (C=O) groups excluding carboxylic acids is 1. The molecule has 166 valence electrons. The molecule has 0 radical (unpaired) electrons. The zero-order valence-corrected chi connectivity index (χ0v) is 18.7. The third-order valence-corrected chi connectivity index (χ3v) is 7.01. The molecule has 3 aromatic rings. The fraction of sp³-hybridized carbons (Fsp3) is 0.174. The van der Waals surface area contributed by atoms with E-state index in [1.54, 1.807) is 37.3 Å². The molecule has 0 aliphatic rings. The first kappa shape index (κ1) is 23.0. The first-order chi connectivity index (χ1) is 15.1. The molecule has 0 bridgehead atoms. The maximum Gasteiger partial charge on any atom is 0.274 e. The van der Waals surface area contributed by atoms with Gasteiger partial charge < -0.3 is 5.32 Å². The van der Waals surface area contributed by atoms with Crippen LogP contribution in [0.4, 0.5) is 17.1 Å². The second-order valence-corrected chi connectivity index (χ2v) is 9.16. The number of benzene rings is 3. The highest BCUT2D eigenvalue weighted by Gasteiger charge is 2.29. The minimum absolute atomic E-state index is 0.0558. The van der Waals surface area contributed by atoms with Crippen molar-refractivity contribution < 1.29 is 18.1 Å². The maximum absolute atomic E-state index is 13.5. The summed E-state index contributed by atoms with van der Waals surface area (Å²) in [6, 6.07) is 17.4. The summed E-state index contributed by atoms with van der Waals surface area (Å²) in [7, 11) is -4.05. The van der Waals surface area contributed by atoms with E-state index in [1.807, 2.05) is 13.0 Å². The molecular formula is C23H23N3O5S. The number of carbonyl (C=O) groups is 1. The highest BCUT2D eigenvalue weighted by molar-refractivity contribution is 7.92. The number of hydrogen-bond acceptors (Lipinski definition) is 5. The molecular weight excluding hydrogens is 430 g/mol. The van der Waals surface area contributed by atoms with E-state index < -0.39 is 27.4 Å². The first-order valence-electron chi connectivity index (χ1n) is 9.81. The molecule has 32 heavy (non-hydrogen) atoms. The molecule has 3 rings (SSSR count). The van der Waals surface area contributed by atoms with Crippen LogP contribution in [0.3, 0.4) is 0 Å². The number of nitrogens with one attached hydrogen (secondary N) is 1. The number of sulfonamides is 1. The van der Waals surface area contributed by atoms with Gasteiger partial charge in [-0.15, -0.1) is 0 Å². The molecule has 1 amide bonds. The summed E-state index contributed by atoms with van der Waals surface area (Å²) in [5.74, 6) is -0.617. The van der Waals surface area contributed by atoms with Gasteiger partial charge in [-0.05, 0) is 56.2 Å². The van der Waals surface area contributed by atoms with Crippen molar-refractivity contribution in [1.82, 2.24) is 0 Å². The van der Waals surface area contributed by atoms with Crippen LogP contribution in [0.2, 0.25) is 0 Å². The number of hydrogen-bond donors (Lipinski definition) is 1.